The summed E-state index contributed by atoms with van der Waals surface area (Å²) in [6.07, 6.45) is 11.6. The average Bonchev–Trinajstić information content (AvgIpc) is 3.39. The Kier molecular flexibility index (Phi) is 7.80. The normalized spacial score (nSPS) is 13.3. The van der Waals surface area contributed by atoms with E-state index >= 15 is 0 Å². The van der Waals surface area contributed by atoms with Gasteiger partial charge in [0.1, 0.15) is 0 Å². The first kappa shape index (κ1) is 26.4. The SMILES string of the molecule is CCCCCCCCCC(=O)Oc1c(OC)ccc2c1c[n+]1c3c2ccc2c4c(cc(c23)CC1)OCO4.Cl. The van der Waals surface area contributed by atoms with Crippen LogP contribution in [0.15, 0.2) is 36.5 Å². The summed E-state index contributed by atoms with van der Waals surface area (Å²) in [6, 6.07) is 10.4. The van der Waals surface area contributed by atoms with Gasteiger partial charge in [-0.2, -0.15) is 4.57 Å². The molecule has 0 spiro atoms. The van der Waals surface area contributed by atoms with Gasteiger partial charge in [0.2, 0.25) is 12.3 Å². The Balaban J connectivity index is 0.00000294. The largest absolute Gasteiger partial charge is 0.493 e. The number of carbonyl (C=O) groups excluding carboxylic acids is 1. The molecule has 3 heterocycles. The number of rotatable bonds is 10. The molecule has 6 nitrogen and oxygen atoms in total. The molecule has 0 saturated heterocycles. The van der Waals surface area contributed by atoms with Crippen molar-refractivity contribution in [2.75, 3.05) is 13.9 Å². The summed E-state index contributed by atoms with van der Waals surface area (Å²) in [4.78, 5) is 12.9. The van der Waals surface area contributed by atoms with Crippen molar-refractivity contribution in [3.63, 3.8) is 0 Å². The van der Waals surface area contributed by atoms with Crippen LogP contribution in [-0.4, -0.2) is 19.9 Å². The summed E-state index contributed by atoms with van der Waals surface area (Å²) >= 11 is 0. The molecule has 7 heteroatoms. The van der Waals surface area contributed by atoms with Crippen LogP contribution in [0.2, 0.25) is 0 Å². The van der Waals surface area contributed by atoms with Crippen molar-refractivity contribution in [2.24, 2.45) is 0 Å². The van der Waals surface area contributed by atoms with Gasteiger partial charge in [-0.3, -0.25) is 4.79 Å². The maximum Gasteiger partial charge on any atom is 0.311 e. The van der Waals surface area contributed by atoms with Crippen molar-refractivity contribution in [3.8, 4) is 23.0 Å². The molecule has 0 saturated carbocycles. The lowest BCUT2D eigenvalue weighted by atomic mass is 9.93. The molecule has 6 rings (SSSR count). The van der Waals surface area contributed by atoms with Crippen LogP contribution in [-0.2, 0) is 17.8 Å². The average molecular weight is 537 g/mol. The fourth-order valence-corrected chi connectivity index (χ4v) is 5.89. The van der Waals surface area contributed by atoms with E-state index < -0.39 is 0 Å². The maximum absolute atomic E-state index is 12.9. The molecule has 0 amide bonds. The molecule has 0 fully saturated rings. The standard InChI is InChI=1S/C31H34NO5.ClH/c1-3-4-5-6-7-8-9-10-27(33)37-31-24-18-32-16-15-20-17-26-30(36-19-35-26)23-12-11-22(29(32)28(20)23)21(24)13-14-25(31)34-2;/h11-14,17-18H,3-10,15-16,19H2,1-2H3;1H/q+1;. The quantitative estimate of drug-likeness (QED) is 0.0705. The number of nitrogens with zero attached hydrogens (tertiary/aromatic N) is 1. The van der Waals surface area contributed by atoms with Crippen LogP contribution in [0.25, 0.3) is 32.4 Å². The molecular formula is C31H35ClNO5+. The van der Waals surface area contributed by atoms with Gasteiger partial charge in [-0.1, -0.05) is 45.4 Å². The second-order valence-electron chi connectivity index (χ2n) is 10.1. The van der Waals surface area contributed by atoms with Gasteiger partial charge >= 0.3 is 5.97 Å². The fourth-order valence-electron chi connectivity index (χ4n) is 5.89. The number of aromatic nitrogens is 1. The third-order valence-electron chi connectivity index (χ3n) is 7.76. The first-order valence-electron chi connectivity index (χ1n) is 13.6. The minimum atomic E-state index is -0.202. The molecule has 1 aromatic heterocycles. The molecule has 0 atom stereocenters. The van der Waals surface area contributed by atoms with E-state index in [1.54, 1.807) is 7.11 Å². The second kappa shape index (κ2) is 11.2. The van der Waals surface area contributed by atoms with Crippen molar-refractivity contribution >= 4 is 50.8 Å². The molecule has 0 bridgehead atoms. The lowest BCUT2D eigenvalue weighted by Crippen LogP contribution is -2.38. The van der Waals surface area contributed by atoms with Crippen molar-refractivity contribution < 1.29 is 28.3 Å². The molecular weight excluding hydrogens is 502 g/mol. The number of esters is 1. The Labute approximate surface area is 229 Å². The Morgan fingerprint density at radius 2 is 1.71 bits per heavy atom. The summed E-state index contributed by atoms with van der Waals surface area (Å²) in [7, 11) is 1.62. The number of ether oxygens (including phenoxy) is 4. The Hall–Kier alpha value is -3.25. The molecule has 2 aliphatic rings. The number of benzene rings is 3. The Morgan fingerprint density at radius 1 is 0.947 bits per heavy atom. The van der Waals surface area contributed by atoms with Crippen molar-refractivity contribution in [1.82, 2.24) is 0 Å². The Morgan fingerprint density at radius 3 is 2.53 bits per heavy atom. The van der Waals surface area contributed by atoms with Crippen molar-refractivity contribution in [3.05, 3.63) is 42.1 Å². The van der Waals surface area contributed by atoms with Crippen LogP contribution < -0.4 is 23.5 Å². The monoisotopic (exact) mass is 536 g/mol. The zero-order valence-electron chi connectivity index (χ0n) is 22.1. The van der Waals surface area contributed by atoms with E-state index in [0.717, 1.165) is 58.9 Å². The highest BCUT2D eigenvalue weighted by atomic mass is 35.5. The minimum Gasteiger partial charge on any atom is -0.493 e. The third-order valence-corrected chi connectivity index (χ3v) is 7.76. The summed E-state index contributed by atoms with van der Waals surface area (Å²) in [5.74, 6) is 2.54. The number of methoxy groups -OCH3 is 1. The lowest BCUT2D eigenvalue weighted by Gasteiger charge is -2.18. The van der Waals surface area contributed by atoms with Gasteiger partial charge in [0.15, 0.2) is 35.7 Å². The van der Waals surface area contributed by atoms with Gasteiger partial charge in [-0.15, -0.1) is 12.4 Å². The molecule has 0 N–H and O–H groups in total. The van der Waals surface area contributed by atoms with Gasteiger partial charge in [0.25, 0.3) is 0 Å². The smallest absolute Gasteiger partial charge is 0.311 e. The molecule has 4 aromatic rings. The number of pyridine rings is 1. The molecule has 0 aliphatic carbocycles. The summed E-state index contributed by atoms with van der Waals surface area (Å²) in [6.45, 7) is 3.32. The number of aryl methyl sites for hydroxylation is 2. The van der Waals surface area contributed by atoms with E-state index in [4.69, 9.17) is 18.9 Å². The van der Waals surface area contributed by atoms with Gasteiger partial charge < -0.3 is 18.9 Å². The number of hydrogen-bond donors (Lipinski definition) is 0. The highest BCUT2D eigenvalue weighted by Crippen LogP contribution is 2.46. The van der Waals surface area contributed by atoms with Crippen LogP contribution in [0.3, 0.4) is 0 Å². The molecule has 200 valence electrons. The van der Waals surface area contributed by atoms with E-state index in [-0.39, 0.29) is 25.2 Å². The van der Waals surface area contributed by atoms with Gasteiger partial charge in [-0.05, 0) is 42.3 Å². The van der Waals surface area contributed by atoms with Crippen LogP contribution >= 0.6 is 12.4 Å². The van der Waals surface area contributed by atoms with Crippen LogP contribution in [0.1, 0.15) is 63.9 Å². The summed E-state index contributed by atoms with van der Waals surface area (Å²) < 4.78 is 25.4. The number of unbranched alkanes of at least 4 members (excludes halogenated alkanes) is 6. The van der Waals surface area contributed by atoms with Crippen LogP contribution in [0.4, 0.5) is 0 Å². The van der Waals surface area contributed by atoms with E-state index in [1.165, 1.54) is 48.6 Å². The predicted molar refractivity (Wildman–Crippen MR) is 151 cm³/mol. The van der Waals surface area contributed by atoms with Gasteiger partial charge in [-0.25, -0.2) is 0 Å². The third kappa shape index (κ3) is 4.60. The van der Waals surface area contributed by atoms with Crippen molar-refractivity contribution in [2.45, 2.75) is 71.3 Å². The number of carbonyl (C=O) groups is 1. The van der Waals surface area contributed by atoms with E-state index in [2.05, 4.69) is 42.0 Å². The number of fused-ring (bicyclic) bond motifs is 4. The fraction of sp³-hybridized carbons (Fsp3) is 0.419. The van der Waals surface area contributed by atoms with Gasteiger partial charge in [0.05, 0.1) is 23.3 Å². The molecule has 38 heavy (non-hydrogen) atoms. The summed E-state index contributed by atoms with van der Waals surface area (Å²) in [5, 5.41) is 5.35. The van der Waals surface area contributed by atoms with Gasteiger partial charge in [0, 0.05) is 23.6 Å². The van der Waals surface area contributed by atoms with E-state index in [0.29, 0.717) is 17.9 Å². The molecule has 3 aromatic carbocycles. The molecule has 2 aliphatic heterocycles. The van der Waals surface area contributed by atoms with E-state index in [1.807, 2.05) is 6.07 Å². The zero-order valence-corrected chi connectivity index (χ0v) is 23.0. The van der Waals surface area contributed by atoms with E-state index in [9.17, 15) is 4.79 Å². The number of halogens is 1. The Bertz CT molecular complexity index is 1520. The maximum atomic E-state index is 12.9. The highest BCUT2D eigenvalue weighted by molar-refractivity contribution is 6.17. The second-order valence-corrected chi connectivity index (χ2v) is 10.1. The predicted octanol–water partition coefficient (Wildman–Crippen LogP) is 7.20. The van der Waals surface area contributed by atoms with Crippen LogP contribution in [0, 0.1) is 0 Å². The minimum absolute atomic E-state index is 0. The van der Waals surface area contributed by atoms with Crippen molar-refractivity contribution in [1.29, 1.82) is 0 Å². The summed E-state index contributed by atoms with van der Waals surface area (Å²) in [5.41, 5.74) is 2.45. The highest BCUT2D eigenvalue weighted by Gasteiger charge is 2.30. The zero-order chi connectivity index (χ0) is 25.4. The first-order chi connectivity index (χ1) is 18.2. The first-order valence-corrected chi connectivity index (χ1v) is 13.6. The van der Waals surface area contributed by atoms with Crippen LogP contribution in [0.5, 0.6) is 23.0 Å². The molecule has 0 unspecified atom stereocenters. The number of hydrogen-bond acceptors (Lipinski definition) is 5. The molecule has 0 radical (unpaired) electrons. The topological polar surface area (TPSA) is 57.9 Å². The lowest BCUT2D eigenvalue weighted by molar-refractivity contribution is -0.670.